The first-order valence-corrected chi connectivity index (χ1v) is 12.7. The third-order valence-electron chi connectivity index (χ3n) is 5.81. The molecule has 0 bridgehead atoms. The van der Waals surface area contributed by atoms with Gasteiger partial charge in [0.15, 0.2) is 5.11 Å². The first kappa shape index (κ1) is 23.4. The Morgan fingerprint density at radius 1 is 1.12 bits per heavy atom. The predicted molar refractivity (Wildman–Crippen MR) is 141 cm³/mol. The van der Waals surface area contributed by atoms with Crippen molar-refractivity contribution in [2.75, 3.05) is 25.0 Å². The van der Waals surface area contributed by atoms with E-state index in [9.17, 15) is 4.79 Å². The van der Waals surface area contributed by atoms with E-state index < -0.39 is 0 Å². The van der Waals surface area contributed by atoms with Crippen LogP contribution in [0.2, 0.25) is 0 Å². The zero-order chi connectivity index (χ0) is 23.2. The van der Waals surface area contributed by atoms with Gasteiger partial charge in [0.2, 0.25) is 0 Å². The summed E-state index contributed by atoms with van der Waals surface area (Å²) in [7, 11) is 0. The van der Waals surface area contributed by atoms with Gasteiger partial charge in [0, 0.05) is 42.2 Å². The lowest BCUT2D eigenvalue weighted by atomic mass is 9.98. The highest BCUT2D eigenvalue weighted by atomic mass is 32.1. The van der Waals surface area contributed by atoms with Crippen molar-refractivity contribution in [2.24, 2.45) is 5.92 Å². The van der Waals surface area contributed by atoms with Gasteiger partial charge in [-0.2, -0.15) is 0 Å². The summed E-state index contributed by atoms with van der Waals surface area (Å²) in [5.41, 5.74) is 3.34. The van der Waals surface area contributed by atoms with Crippen LogP contribution in [-0.2, 0) is 0 Å². The Labute approximate surface area is 205 Å². The molecule has 1 aliphatic rings. The number of nitrogens with one attached hydrogen (secondary N) is 2. The number of hydrogen-bond acceptors (Lipinski definition) is 4. The highest BCUT2D eigenvalue weighted by Crippen LogP contribution is 2.31. The lowest BCUT2D eigenvalue weighted by Gasteiger charge is -2.33. The summed E-state index contributed by atoms with van der Waals surface area (Å²) in [4.78, 5) is 19.9. The second kappa shape index (κ2) is 10.9. The van der Waals surface area contributed by atoms with Crippen LogP contribution in [-0.4, -0.2) is 40.5 Å². The van der Waals surface area contributed by atoms with Crippen LogP contribution in [0, 0.1) is 5.92 Å². The van der Waals surface area contributed by atoms with E-state index in [0.717, 1.165) is 59.4 Å². The molecule has 7 heteroatoms. The number of hydrogen-bond donors (Lipinski definition) is 2. The fourth-order valence-corrected chi connectivity index (χ4v) is 5.20. The van der Waals surface area contributed by atoms with Crippen LogP contribution in [0.5, 0.6) is 0 Å². The number of thiazole rings is 1. The summed E-state index contributed by atoms with van der Waals surface area (Å²) in [5, 5.41) is 10.2. The number of aromatic nitrogens is 1. The molecule has 0 atom stereocenters. The summed E-state index contributed by atoms with van der Waals surface area (Å²) in [6, 6.07) is 17.9. The third kappa shape index (κ3) is 5.97. The van der Waals surface area contributed by atoms with Crippen molar-refractivity contribution < 1.29 is 4.79 Å². The highest BCUT2D eigenvalue weighted by molar-refractivity contribution is 7.80. The molecule has 1 amide bonds. The lowest BCUT2D eigenvalue weighted by molar-refractivity contribution is 0.102. The van der Waals surface area contributed by atoms with Crippen molar-refractivity contribution in [1.82, 2.24) is 15.2 Å². The van der Waals surface area contributed by atoms with E-state index in [1.54, 1.807) is 11.3 Å². The van der Waals surface area contributed by atoms with E-state index in [1.807, 2.05) is 60.0 Å². The normalized spacial score (nSPS) is 14.3. The van der Waals surface area contributed by atoms with E-state index >= 15 is 0 Å². The molecule has 1 fully saturated rings. The highest BCUT2D eigenvalue weighted by Gasteiger charge is 2.25. The number of amides is 1. The molecule has 2 aromatic carbocycles. The third-order valence-corrected chi connectivity index (χ3v) is 7.22. The number of para-hydroxylation sites is 1. The fourth-order valence-electron chi connectivity index (χ4n) is 3.96. The first-order chi connectivity index (χ1) is 16.0. The molecule has 172 valence electrons. The number of carbonyl (C=O) groups excluding carboxylic acids is 1. The molecular weight excluding hydrogens is 448 g/mol. The number of carbonyl (C=O) groups is 1. The van der Waals surface area contributed by atoms with Crippen LogP contribution in [0.25, 0.3) is 11.1 Å². The predicted octanol–water partition coefficient (Wildman–Crippen LogP) is 5.77. The van der Waals surface area contributed by atoms with Gasteiger partial charge >= 0.3 is 0 Å². The molecule has 1 aliphatic heterocycles. The maximum Gasteiger partial charge on any atom is 0.275 e. The van der Waals surface area contributed by atoms with Crippen molar-refractivity contribution in [3.63, 3.8) is 0 Å². The number of rotatable bonds is 6. The molecule has 33 heavy (non-hydrogen) atoms. The zero-order valence-corrected chi connectivity index (χ0v) is 20.7. The fraction of sp³-hybridized carbons (Fsp3) is 0.346. The van der Waals surface area contributed by atoms with Crippen LogP contribution in [0.15, 0.2) is 60.0 Å². The summed E-state index contributed by atoms with van der Waals surface area (Å²) < 4.78 is 0. The Balaban J connectivity index is 1.37. The average Bonchev–Trinajstić information content (AvgIpc) is 3.34. The number of anilines is 1. The summed E-state index contributed by atoms with van der Waals surface area (Å²) in [6.07, 6.45) is 1.99. The van der Waals surface area contributed by atoms with Crippen LogP contribution in [0.4, 0.5) is 5.69 Å². The molecule has 1 aromatic heterocycles. The average molecular weight is 479 g/mol. The van der Waals surface area contributed by atoms with Crippen molar-refractivity contribution >= 4 is 40.3 Å². The molecule has 2 heterocycles. The van der Waals surface area contributed by atoms with Gasteiger partial charge < -0.3 is 15.5 Å². The van der Waals surface area contributed by atoms with Gasteiger partial charge in [-0.25, -0.2) is 4.98 Å². The molecule has 0 saturated carbocycles. The monoisotopic (exact) mass is 478 g/mol. The molecular formula is C26H30N4OS2. The summed E-state index contributed by atoms with van der Waals surface area (Å²) >= 11 is 7.12. The molecule has 5 nitrogen and oxygen atoms in total. The van der Waals surface area contributed by atoms with Crippen molar-refractivity contribution in [1.29, 1.82) is 0 Å². The van der Waals surface area contributed by atoms with Gasteiger partial charge in [0.05, 0.1) is 5.01 Å². The van der Waals surface area contributed by atoms with Crippen LogP contribution in [0.3, 0.4) is 0 Å². The smallest absolute Gasteiger partial charge is 0.275 e. The van der Waals surface area contributed by atoms with Gasteiger partial charge in [0.1, 0.15) is 5.69 Å². The Morgan fingerprint density at radius 2 is 1.82 bits per heavy atom. The standard InChI is InChI=1S/C26H30N4OS2/c1-18(2)16-27-26(32)30-14-12-20(13-15-30)25-29-23(17-33-25)24(31)28-22-11-7-6-10-21(22)19-8-4-3-5-9-19/h3-11,17-18,20H,12-16H2,1-2H3,(H,27,32)(H,28,31). The number of likely N-dealkylation sites (tertiary alicyclic amines) is 1. The van der Waals surface area contributed by atoms with Crippen molar-refractivity contribution in [2.45, 2.75) is 32.6 Å². The summed E-state index contributed by atoms with van der Waals surface area (Å²) in [5.74, 6) is 0.773. The van der Waals surface area contributed by atoms with Crippen LogP contribution >= 0.6 is 23.6 Å². The minimum atomic E-state index is -0.169. The maximum absolute atomic E-state index is 13.0. The number of nitrogens with zero attached hydrogens (tertiary/aromatic N) is 2. The van der Waals surface area contributed by atoms with Gasteiger partial charge in [-0.05, 0) is 42.6 Å². The van der Waals surface area contributed by atoms with E-state index in [1.165, 1.54) is 0 Å². The number of thiocarbonyl (C=S) groups is 1. The van der Waals surface area contributed by atoms with Gasteiger partial charge in [-0.15, -0.1) is 11.3 Å². The first-order valence-electron chi connectivity index (χ1n) is 11.4. The van der Waals surface area contributed by atoms with E-state index in [0.29, 0.717) is 17.5 Å². The Hall–Kier alpha value is -2.77. The second-order valence-electron chi connectivity index (χ2n) is 8.78. The van der Waals surface area contributed by atoms with Crippen molar-refractivity contribution in [3.8, 4) is 11.1 Å². The largest absolute Gasteiger partial charge is 0.362 e. The molecule has 0 aliphatic carbocycles. The van der Waals surface area contributed by atoms with Gasteiger partial charge in [-0.1, -0.05) is 62.4 Å². The lowest BCUT2D eigenvalue weighted by Crippen LogP contribution is -2.44. The molecule has 0 unspecified atom stereocenters. The molecule has 3 aromatic rings. The minimum absolute atomic E-state index is 0.169. The Bertz CT molecular complexity index is 1090. The van der Waals surface area contributed by atoms with Crippen molar-refractivity contribution in [3.05, 3.63) is 70.7 Å². The van der Waals surface area contributed by atoms with Gasteiger partial charge in [-0.3, -0.25) is 4.79 Å². The molecule has 0 spiro atoms. The molecule has 1 saturated heterocycles. The van der Waals surface area contributed by atoms with E-state index in [-0.39, 0.29) is 5.91 Å². The maximum atomic E-state index is 13.0. The summed E-state index contributed by atoms with van der Waals surface area (Å²) in [6.45, 7) is 7.09. The SMILES string of the molecule is CC(C)CNC(=S)N1CCC(c2nc(C(=O)Nc3ccccc3-c3ccccc3)cs2)CC1. The van der Waals surface area contributed by atoms with Crippen LogP contribution in [0.1, 0.15) is 48.1 Å². The minimum Gasteiger partial charge on any atom is -0.362 e. The molecule has 0 radical (unpaired) electrons. The Morgan fingerprint density at radius 3 is 2.55 bits per heavy atom. The number of benzene rings is 2. The van der Waals surface area contributed by atoms with Crippen LogP contribution < -0.4 is 10.6 Å². The zero-order valence-electron chi connectivity index (χ0n) is 19.1. The molecule has 2 N–H and O–H groups in total. The quantitative estimate of drug-likeness (QED) is 0.440. The van der Waals surface area contributed by atoms with E-state index in [2.05, 4.69) is 29.4 Å². The Kier molecular flexibility index (Phi) is 7.73. The molecule has 4 rings (SSSR count). The second-order valence-corrected chi connectivity index (χ2v) is 10.1. The van der Waals surface area contributed by atoms with E-state index in [4.69, 9.17) is 17.2 Å². The number of piperidine rings is 1. The van der Waals surface area contributed by atoms with Gasteiger partial charge in [0.25, 0.3) is 5.91 Å². The topological polar surface area (TPSA) is 57.3 Å².